The summed E-state index contributed by atoms with van der Waals surface area (Å²) in [5, 5.41) is 60.3. The number of ether oxygens (including phenoxy) is 1. The van der Waals surface area contributed by atoms with E-state index in [1.165, 1.54) is 0 Å². The smallest absolute Gasteiger partial charge is 0.308 e. The first-order chi connectivity index (χ1) is 14.9. The Balaban J connectivity index is 2.20. The van der Waals surface area contributed by atoms with Crippen LogP contribution in [0.1, 0.15) is 65.7 Å². The summed E-state index contributed by atoms with van der Waals surface area (Å²) in [5.74, 6) is -5.10. The van der Waals surface area contributed by atoms with Crippen molar-refractivity contribution in [3.05, 3.63) is 11.6 Å². The minimum atomic E-state index is -2.29. The normalized spacial score (nSPS) is 32.4. The Morgan fingerprint density at radius 3 is 2.50 bits per heavy atom. The zero-order valence-corrected chi connectivity index (χ0v) is 19.1. The maximum atomic E-state index is 12.5. The average Bonchev–Trinajstić information content (AvgIpc) is 2.68. The van der Waals surface area contributed by atoms with E-state index in [0.717, 1.165) is 0 Å². The lowest BCUT2D eigenvalue weighted by molar-refractivity contribution is -0.192. The molecular weight excluding hydrogens is 420 g/mol. The molecule has 0 aliphatic heterocycles. The van der Waals surface area contributed by atoms with Crippen LogP contribution in [0.2, 0.25) is 0 Å². The number of esters is 1. The van der Waals surface area contributed by atoms with Gasteiger partial charge >= 0.3 is 11.9 Å². The summed E-state index contributed by atoms with van der Waals surface area (Å²) in [6.45, 7) is 5.51. The van der Waals surface area contributed by atoms with Crippen molar-refractivity contribution < 1.29 is 45.0 Å². The third-order valence-electron chi connectivity index (χ3n) is 7.07. The molecule has 0 radical (unpaired) electrons. The lowest BCUT2D eigenvalue weighted by Crippen LogP contribution is -2.49. The number of aliphatic hydroxyl groups excluding tert-OH is 3. The van der Waals surface area contributed by atoms with Gasteiger partial charge in [-0.1, -0.05) is 26.8 Å². The number of carbonyl (C=O) groups excluding carboxylic acids is 1. The van der Waals surface area contributed by atoms with Crippen molar-refractivity contribution in [3.63, 3.8) is 0 Å². The number of rotatable bonds is 10. The van der Waals surface area contributed by atoms with Crippen molar-refractivity contribution in [1.82, 2.24) is 0 Å². The predicted octanol–water partition coefficient (Wildman–Crippen LogP) is 0.955. The molecule has 9 heteroatoms. The molecule has 1 saturated carbocycles. The van der Waals surface area contributed by atoms with Gasteiger partial charge in [0.05, 0.1) is 30.7 Å². The Labute approximate surface area is 188 Å². The van der Waals surface area contributed by atoms with Gasteiger partial charge in [-0.15, -0.1) is 0 Å². The van der Waals surface area contributed by atoms with Gasteiger partial charge in [0.1, 0.15) is 6.10 Å². The van der Waals surface area contributed by atoms with Gasteiger partial charge in [0.2, 0.25) is 0 Å². The predicted molar refractivity (Wildman–Crippen MR) is 114 cm³/mol. The fourth-order valence-corrected chi connectivity index (χ4v) is 4.94. The summed E-state index contributed by atoms with van der Waals surface area (Å²) < 4.78 is 5.81. The van der Waals surface area contributed by atoms with Crippen LogP contribution in [0.3, 0.4) is 0 Å². The van der Waals surface area contributed by atoms with Crippen LogP contribution in [0, 0.1) is 23.7 Å². The molecule has 2 aliphatic carbocycles. The molecule has 0 spiro atoms. The molecule has 0 saturated heterocycles. The van der Waals surface area contributed by atoms with E-state index < -0.39 is 49.0 Å². The van der Waals surface area contributed by atoms with Gasteiger partial charge in [-0.3, -0.25) is 9.59 Å². The van der Waals surface area contributed by atoms with Gasteiger partial charge in [-0.25, -0.2) is 0 Å². The number of aliphatic carboxylic acids is 1. The van der Waals surface area contributed by atoms with E-state index in [1.807, 2.05) is 13.8 Å². The molecule has 2 aliphatic rings. The molecule has 8 atom stereocenters. The zero-order valence-electron chi connectivity index (χ0n) is 19.1. The van der Waals surface area contributed by atoms with Crippen molar-refractivity contribution in [2.75, 3.05) is 0 Å². The molecule has 9 nitrogen and oxygen atoms in total. The number of aliphatic hydroxyl groups is 5. The maximum Gasteiger partial charge on any atom is 0.308 e. The van der Waals surface area contributed by atoms with E-state index in [-0.39, 0.29) is 42.5 Å². The summed E-state index contributed by atoms with van der Waals surface area (Å²) in [6.07, 6.45) is -1.45. The summed E-state index contributed by atoms with van der Waals surface area (Å²) in [7, 11) is 0. The number of hydrogen-bond donors (Lipinski definition) is 6. The maximum absolute atomic E-state index is 12.5. The molecule has 6 N–H and O–H groups in total. The van der Waals surface area contributed by atoms with Crippen LogP contribution in [0.5, 0.6) is 0 Å². The first-order valence-electron chi connectivity index (χ1n) is 11.5. The number of hydrogen-bond acceptors (Lipinski definition) is 8. The topological polar surface area (TPSA) is 165 Å². The SMILES string of the molecule is CC[C@H](C)C(=O)OC1CC[C@H](O)C2=C[C@@H](O)[C@H](C)[C@H](CCC(O)(O)C[C@@H](O)CC(=O)O)[C@H]21. The third kappa shape index (κ3) is 6.74. The summed E-state index contributed by atoms with van der Waals surface area (Å²) in [5.41, 5.74) is 0.612. The highest BCUT2D eigenvalue weighted by atomic mass is 16.5. The van der Waals surface area contributed by atoms with E-state index in [4.69, 9.17) is 9.84 Å². The van der Waals surface area contributed by atoms with Crippen LogP contribution >= 0.6 is 0 Å². The molecule has 1 unspecified atom stereocenters. The van der Waals surface area contributed by atoms with Gasteiger partial charge in [0.15, 0.2) is 5.79 Å². The lowest BCUT2D eigenvalue weighted by Gasteiger charge is -2.47. The van der Waals surface area contributed by atoms with Gasteiger partial charge in [-0.2, -0.15) is 0 Å². The van der Waals surface area contributed by atoms with Crippen LogP contribution in [0.4, 0.5) is 0 Å². The summed E-state index contributed by atoms with van der Waals surface area (Å²) in [4.78, 5) is 23.2. The van der Waals surface area contributed by atoms with E-state index in [1.54, 1.807) is 13.0 Å². The van der Waals surface area contributed by atoms with Gasteiger partial charge in [-0.05, 0) is 43.1 Å². The summed E-state index contributed by atoms with van der Waals surface area (Å²) >= 11 is 0. The molecule has 1 fully saturated rings. The number of fused-ring (bicyclic) bond motifs is 1. The van der Waals surface area contributed by atoms with Crippen LogP contribution in [-0.2, 0) is 14.3 Å². The highest BCUT2D eigenvalue weighted by molar-refractivity contribution is 5.72. The number of carboxylic acids is 1. The molecule has 0 aromatic rings. The van der Waals surface area contributed by atoms with Crippen molar-refractivity contribution in [3.8, 4) is 0 Å². The van der Waals surface area contributed by atoms with Crippen molar-refractivity contribution in [1.29, 1.82) is 0 Å². The molecule has 32 heavy (non-hydrogen) atoms. The zero-order chi connectivity index (χ0) is 24.2. The second kappa shape index (κ2) is 11.1. The first kappa shape index (κ1) is 26.7. The van der Waals surface area contributed by atoms with E-state index in [2.05, 4.69) is 0 Å². The minimum absolute atomic E-state index is 0.169. The highest BCUT2D eigenvalue weighted by Gasteiger charge is 2.47. The van der Waals surface area contributed by atoms with Crippen LogP contribution in [0.15, 0.2) is 11.6 Å². The molecule has 2 rings (SSSR count). The molecule has 0 heterocycles. The van der Waals surface area contributed by atoms with Crippen LogP contribution < -0.4 is 0 Å². The Hall–Kier alpha value is -1.52. The quantitative estimate of drug-likeness (QED) is 0.159. The Kier molecular flexibility index (Phi) is 9.25. The average molecular weight is 459 g/mol. The van der Waals surface area contributed by atoms with E-state index in [9.17, 15) is 35.1 Å². The van der Waals surface area contributed by atoms with Crippen molar-refractivity contribution in [2.45, 2.75) is 95.9 Å². The fourth-order valence-electron chi connectivity index (χ4n) is 4.94. The van der Waals surface area contributed by atoms with Crippen molar-refractivity contribution in [2.24, 2.45) is 23.7 Å². The molecule has 0 amide bonds. The Bertz CT molecular complexity index is 689. The van der Waals surface area contributed by atoms with Gasteiger partial charge in [0.25, 0.3) is 0 Å². The monoisotopic (exact) mass is 458 g/mol. The molecule has 184 valence electrons. The minimum Gasteiger partial charge on any atom is -0.481 e. The van der Waals surface area contributed by atoms with E-state index in [0.29, 0.717) is 24.8 Å². The van der Waals surface area contributed by atoms with E-state index >= 15 is 0 Å². The second-order valence-electron chi connectivity index (χ2n) is 9.56. The number of carbonyl (C=O) groups is 2. The fraction of sp³-hybridized carbons (Fsp3) is 0.826. The Morgan fingerprint density at radius 2 is 1.91 bits per heavy atom. The van der Waals surface area contributed by atoms with Crippen LogP contribution in [0.25, 0.3) is 0 Å². The number of carboxylic acid groups (broad SMARTS) is 1. The van der Waals surface area contributed by atoms with Gasteiger partial charge < -0.3 is 35.4 Å². The third-order valence-corrected chi connectivity index (χ3v) is 7.07. The molecule has 0 bridgehead atoms. The second-order valence-corrected chi connectivity index (χ2v) is 9.56. The van der Waals surface area contributed by atoms with Gasteiger partial charge in [0, 0.05) is 18.8 Å². The molecular formula is C23H38O9. The first-order valence-corrected chi connectivity index (χ1v) is 11.5. The van der Waals surface area contributed by atoms with Crippen molar-refractivity contribution >= 4 is 11.9 Å². The molecule has 0 aromatic carbocycles. The lowest BCUT2D eigenvalue weighted by atomic mass is 9.62. The largest absolute Gasteiger partial charge is 0.481 e. The Morgan fingerprint density at radius 1 is 1.25 bits per heavy atom. The highest BCUT2D eigenvalue weighted by Crippen LogP contribution is 2.47. The summed E-state index contributed by atoms with van der Waals surface area (Å²) in [6, 6.07) is 0. The standard InChI is InChI=1S/C23H38O9/c1-4-12(2)22(29)32-19-6-5-17(25)16-10-18(26)13(3)15(21(16)19)7-8-23(30,31)11-14(24)9-20(27)28/h10,12-15,17-19,21,24-26,30-31H,4-9,11H2,1-3H3,(H,27,28)/t12-,13+,14-,15-,17-,18+,19?,21+/m0/s1. The van der Waals surface area contributed by atoms with Crippen LogP contribution in [-0.4, -0.2) is 72.8 Å². The molecule has 0 aromatic heterocycles.